The third kappa shape index (κ3) is 3.70. The van der Waals surface area contributed by atoms with Crippen LogP contribution >= 0.6 is 22.9 Å². The lowest BCUT2D eigenvalue weighted by atomic mass is 10.3. The minimum Gasteiger partial charge on any atom is -0.486 e. The van der Waals surface area contributed by atoms with Gasteiger partial charge in [-0.3, -0.25) is 0 Å². The number of nitrogens with two attached hydrogens (primary N) is 1. The van der Waals surface area contributed by atoms with E-state index in [2.05, 4.69) is 4.98 Å². The standard InChI is InChI=1S/C12H13ClN2OS/c13-9-2-1-3-10(6-9)16-8-12-15-7-11(17-12)4-5-14/h1-3,6-7H,4-5,8,14H2. The number of aromatic nitrogens is 1. The number of nitrogens with zero attached hydrogens (tertiary/aromatic N) is 1. The Morgan fingerprint density at radius 2 is 2.29 bits per heavy atom. The second-order valence-corrected chi connectivity index (χ2v) is 5.14. The van der Waals surface area contributed by atoms with Crippen molar-refractivity contribution in [3.05, 3.63) is 45.4 Å². The second-order valence-electron chi connectivity index (χ2n) is 3.51. The summed E-state index contributed by atoms with van der Waals surface area (Å²) >= 11 is 7.50. The topological polar surface area (TPSA) is 48.1 Å². The zero-order valence-electron chi connectivity index (χ0n) is 9.23. The Hall–Kier alpha value is -1.10. The van der Waals surface area contributed by atoms with Gasteiger partial charge in [0.05, 0.1) is 0 Å². The molecule has 1 aromatic heterocycles. The molecule has 1 heterocycles. The third-order valence-corrected chi connectivity index (χ3v) is 3.42. The van der Waals surface area contributed by atoms with Crippen LogP contribution in [0, 0.1) is 0 Å². The van der Waals surface area contributed by atoms with Crippen LogP contribution in [0.2, 0.25) is 5.02 Å². The maximum Gasteiger partial charge on any atom is 0.140 e. The molecule has 3 nitrogen and oxygen atoms in total. The summed E-state index contributed by atoms with van der Waals surface area (Å²) in [6, 6.07) is 7.34. The molecule has 17 heavy (non-hydrogen) atoms. The Morgan fingerprint density at radius 1 is 1.41 bits per heavy atom. The molecule has 2 aromatic rings. The third-order valence-electron chi connectivity index (χ3n) is 2.15. The van der Waals surface area contributed by atoms with Crippen LogP contribution < -0.4 is 10.5 Å². The second kappa shape index (κ2) is 6.00. The fourth-order valence-electron chi connectivity index (χ4n) is 1.37. The van der Waals surface area contributed by atoms with Crippen molar-refractivity contribution in [3.8, 4) is 5.75 Å². The highest BCUT2D eigenvalue weighted by Gasteiger charge is 2.02. The number of hydrogen-bond donors (Lipinski definition) is 1. The van der Waals surface area contributed by atoms with Crippen LogP contribution in [0.4, 0.5) is 0 Å². The summed E-state index contributed by atoms with van der Waals surface area (Å²) in [6.45, 7) is 1.12. The summed E-state index contributed by atoms with van der Waals surface area (Å²) < 4.78 is 5.60. The summed E-state index contributed by atoms with van der Waals surface area (Å²) in [5, 5.41) is 1.62. The van der Waals surface area contributed by atoms with Gasteiger partial charge in [0.2, 0.25) is 0 Å². The van der Waals surface area contributed by atoms with E-state index >= 15 is 0 Å². The normalized spacial score (nSPS) is 10.5. The van der Waals surface area contributed by atoms with Crippen LogP contribution in [0.3, 0.4) is 0 Å². The van der Waals surface area contributed by atoms with E-state index in [9.17, 15) is 0 Å². The molecule has 0 atom stereocenters. The molecule has 0 aliphatic carbocycles. The van der Waals surface area contributed by atoms with Crippen molar-refractivity contribution < 1.29 is 4.74 Å². The van der Waals surface area contributed by atoms with Gasteiger partial charge in [0.1, 0.15) is 17.4 Å². The summed E-state index contributed by atoms with van der Waals surface area (Å²) in [5.41, 5.74) is 5.48. The largest absolute Gasteiger partial charge is 0.486 e. The molecule has 5 heteroatoms. The summed E-state index contributed by atoms with van der Waals surface area (Å²) in [5.74, 6) is 0.757. The molecule has 0 aliphatic rings. The Labute approximate surface area is 109 Å². The van der Waals surface area contributed by atoms with Crippen molar-refractivity contribution in [2.45, 2.75) is 13.0 Å². The number of halogens is 1. The number of rotatable bonds is 5. The highest BCUT2D eigenvalue weighted by Crippen LogP contribution is 2.20. The van der Waals surface area contributed by atoms with Gasteiger partial charge in [0.15, 0.2) is 0 Å². The predicted octanol–water partition coefficient (Wildman–Crippen LogP) is 2.88. The molecule has 2 N–H and O–H groups in total. The fourth-order valence-corrected chi connectivity index (χ4v) is 2.41. The van der Waals surface area contributed by atoms with Crippen molar-refractivity contribution in [2.24, 2.45) is 5.73 Å². The van der Waals surface area contributed by atoms with Crippen LogP contribution in [-0.4, -0.2) is 11.5 Å². The van der Waals surface area contributed by atoms with E-state index in [0.29, 0.717) is 18.2 Å². The predicted molar refractivity (Wildman–Crippen MR) is 70.7 cm³/mol. The first-order valence-corrected chi connectivity index (χ1v) is 6.49. The fraction of sp³-hybridized carbons (Fsp3) is 0.250. The molecule has 0 radical (unpaired) electrons. The number of hydrogen-bond acceptors (Lipinski definition) is 4. The molecule has 0 fully saturated rings. The van der Waals surface area contributed by atoms with Gasteiger partial charge in [-0.2, -0.15) is 0 Å². The Kier molecular flexibility index (Phi) is 4.36. The lowest BCUT2D eigenvalue weighted by molar-refractivity contribution is 0.305. The maximum atomic E-state index is 5.87. The molecule has 0 aliphatic heterocycles. The monoisotopic (exact) mass is 268 g/mol. The minimum absolute atomic E-state index is 0.468. The summed E-state index contributed by atoms with van der Waals surface area (Å²) in [6.07, 6.45) is 2.73. The Morgan fingerprint density at radius 3 is 3.06 bits per heavy atom. The van der Waals surface area contributed by atoms with Crippen LogP contribution in [0.15, 0.2) is 30.5 Å². The van der Waals surface area contributed by atoms with E-state index in [1.807, 2.05) is 24.4 Å². The first kappa shape index (κ1) is 12.4. The van der Waals surface area contributed by atoms with E-state index in [-0.39, 0.29) is 0 Å². The van der Waals surface area contributed by atoms with E-state index in [0.717, 1.165) is 17.2 Å². The van der Waals surface area contributed by atoms with Crippen molar-refractivity contribution in [2.75, 3.05) is 6.54 Å². The van der Waals surface area contributed by atoms with E-state index in [1.54, 1.807) is 17.4 Å². The van der Waals surface area contributed by atoms with Gasteiger partial charge in [-0.05, 0) is 31.2 Å². The van der Waals surface area contributed by atoms with Crippen molar-refractivity contribution in [1.29, 1.82) is 0 Å². The van der Waals surface area contributed by atoms with Crippen LogP contribution in [-0.2, 0) is 13.0 Å². The Bertz CT molecular complexity index is 487. The molecule has 2 rings (SSSR count). The average molecular weight is 269 g/mol. The van der Waals surface area contributed by atoms with Gasteiger partial charge >= 0.3 is 0 Å². The van der Waals surface area contributed by atoms with Gasteiger partial charge in [0.25, 0.3) is 0 Å². The van der Waals surface area contributed by atoms with Gasteiger partial charge < -0.3 is 10.5 Å². The Balaban J connectivity index is 1.93. The lowest BCUT2D eigenvalue weighted by Crippen LogP contribution is -2.00. The van der Waals surface area contributed by atoms with E-state index in [4.69, 9.17) is 22.1 Å². The zero-order valence-corrected chi connectivity index (χ0v) is 10.8. The van der Waals surface area contributed by atoms with Crippen molar-refractivity contribution in [3.63, 3.8) is 0 Å². The summed E-state index contributed by atoms with van der Waals surface area (Å²) in [4.78, 5) is 5.47. The van der Waals surface area contributed by atoms with Gasteiger partial charge in [0, 0.05) is 16.1 Å². The highest BCUT2D eigenvalue weighted by atomic mass is 35.5. The first-order valence-electron chi connectivity index (χ1n) is 5.30. The van der Waals surface area contributed by atoms with Crippen LogP contribution in [0.5, 0.6) is 5.75 Å². The lowest BCUT2D eigenvalue weighted by Gasteiger charge is -2.03. The van der Waals surface area contributed by atoms with Crippen LogP contribution in [0.1, 0.15) is 9.88 Å². The molecule has 0 saturated carbocycles. The number of benzene rings is 1. The molecule has 0 saturated heterocycles. The molecule has 0 bridgehead atoms. The minimum atomic E-state index is 0.468. The molecule has 90 valence electrons. The molecular formula is C12H13ClN2OS. The maximum absolute atomic E-state index is 5.87. The van der Waals surface area contributed by atoms with E-state index < -0.39 is 0 Å². The van der Waals surface area contributed by atoms with Gasteiger partial charge in [-0.1, -0.05) is 17.7 Å². The first-order chi connectivity index (χ1) is 8.28. The van der Waals surface area contributed by atoms with Crippen LogP contribution in [0.25, 0.3) is 0 Å². The van der Waals surface area contributed by atoms with Gasteiger partial charge in [-0.15, -0.1) is 11.3 Å². The average Bonchev–Trinajstić information content (AvgIpc) is 2.75. The zero-order chi connectivity index (χ0) is 12.1. The van der Waals surface area contributed by atoms with Crippen molar-refractivity contribution in [1.82, 2.24) is 4.98 Å². The molecule has 0 amide bonds. The van der Waals surface area contributed by atoms with E-state index in [1.165, 1.54) is 4.88 Å². The number of ether oxygens (including phenoxy) is 1. The summed E-state index contributed by atoms with van der Waals surface area (Å²) in [7, 11) is 0. The quantitative estimate of drug-likeness (QED) is 0.907. The molecule has 1 aromatic carbocycles. The smallest absolute Gasteiger partial charge is 0.140 e. The SMILES string of the molecule is NCCc1cnc(COc2cccc(Cl)c2)s1. The van der Waals surface area contributed by atoms with Gasteiger partial charge in [-0.25, -0.2) is 4.98 Å². The molecule has 0 unspecified atom stereocenters. The highest BCUT2D eigenvalue weighted by molar-refractivity contribution is 7.11. The molecule has 0 spiro atoms. The molecular weight excluding hydrogens is 256 g/mol. The number of thiazole rings is 1. The van der Waals surface area contributed by atoms with Crippen molar-refractivity contribution >= 4 is 22.9 Å².